The zero-order valence-electron chi connectivity index (χ0n) is 12.8. The van der Waals surface area contributed by atoms with Crippen molar-refractivity contribution in [1.82, 2.24) is 10.2 Å². The first-order valence-corrected chi connectivity index (χ1v) is 8.77. The maximum Gasteiger partial charge on any atom is 0.210 e. The first-order valence-electron chi connectivity index (χ1n) is 6.97. The number of thioether (sulfide) groups is 1. The molecule has 0 spiro atoms. The second-order valence-corrected chi connectivity index (χ2v) is 7.33. The lowest BCUT2D eigenvalue weighted by Gasteiger charge is -2.08. The average Bonchev–Trinajstić information content (AvgIpc) is 2.87. The van der Waals surface area contributed by atoms with Gasteiger partial charge in [-0.05, 0) is 44.9 Å². The lowest BCUT2D eigenvalue weighted by molar-refractivity contribution is 0.0920. The Morgan fingerprint density at radius 1 is 1.29 bits per heavy atom. The Kier molecular flexibility index (Phi) is 6.02. The predicted octanol–water partition coefficient (Wildman–Crippen LogP) is 4.42. The summed E-state index contributed by atoms with van der Waals surface area (Å²) in [6.45, 7) is 9.04. The molecule has 0 saturated heterocycles. The highest BCUT2D eigenvalue weighted by atomic mass is 32.2. The van der Waals surface area contributed by atoms with Crippen LogP contribution >= 0.6 is 23.1 Å². The van der Waals surface area contributed by atoms with Gasteiger partial charge in [0, 0.05) is 11.4 Å². The molecule has 0 saturated carbocycles. The van der Waals surface area contributed by atoms with Crippen molar-refractivity contribution < 1.29 is 4.74 Å². The standard InChI is InChI=1S/C15H21N3OS2/c1-10(2)19-8-9-20-15-18-17-14(21-15)16-13-7-5-6-11(3)12(13)4/h5-7,10H,8-9H2,1-4H3,(H,16,17). The van der Waals surface area contributed by atoms with E-state index in [0.717, 1.165) is 27.5 Å². The zero-order chi connectivity index (χ0) is 15.2. The average molecular weight is 323 g/mol. The molecule has 6 heteroatoms. The number of hydrogen-bond donors (Lipinski definition) is 1. The number of hydrogen-bond acceptors (Lipinski definition) is 6. The molecule has 2 aromatic rings. The molecule has 0 aliphatic rings. The van der Waals surface area contributed by atoms with Gasteiger partial charge < -0.3 is 10.1 Å². The van der Waals surface area contributed by atoms with Crippen molar-refractivity contribution in [1.29, 1.82) is 0 Å². The molecule has 1 aromatic heterocycles. The van der Waals surface area contributed by atoms with E-state index in [-0.39, 0.29) is 6.10 Å². The van der Waals surface area contributed by atoms with Gasteiger partial charge in [0.2, 0.25) is 5.13 Å². The summed E-state index contributed by atoms with van der Waals surface area (Å²) >= 11 is 3.26. The maximum absolute atomic E-state index is 5.51. The minimum atomic E-state index is 0.279. The van der Waals surface area contributed by atoms with Gasteiger partial charge in [0.1, 0.15) is 0 Å². The van der Waals surface area contributed by atoms with Gasteiger partial charge in [-0.15, -0.1) is 10.2 Å². The van der Waals surface area contributed by atoms with E-state index in [1.807, 2.05) is 19.9 Å². The first-order chi connectivity index (χ1) is 10.1. The van der Waals surface area contributed by atoms with Gasteiger partial charge >= 0.3 is 0 Å². The molecule has 0 bridgehead atoms. The summed E-state index contributed by atoms with van der Waals surface area (Å²) in [7, 11) is 0. The molecule has 0 fully saturated rings. The molecule has 114 valence electrons. The minimum absolute atomic E-state index is 0.279. The molecule has 0 aliphatic heterocycles. The normalized spacial score (nSPS) is 11.1. The molecular formula is C15H21N3OS2. The number of aromatic nitrogens is 2. The fourth-order valence-corrected chi connectivity index (χ4v) is 3.40. The van der Waals surface area contributed by atoms with Crippen LogP contribution in [-0.2, 0) is 4.74 Å². The van der Waals surface area contributed by atoms with Gasteiger partial charge in [0.15, 0.2) is 4.34 Å². The number of anilines is 2. The highest BCUT2D eigenvalue weighted by molar-refractivity contribution is 8.01. The number of benzene rings is 1. The van der Waals surface area contributed by atoms with Crippen molar-refractivity contribution in [2.24, 2.45) is 0 Å². The van der Waals surface area contributed by atoms with Crippen LogP contribution in [0.5, 0.6) is 0 Å². The van der Waals surface area contributed by atoms with Gasteiger partial charge in [-0.1, -0.05) is 35.2 Å². The fourth-order valence-electron chi connectivity index (χ4n) is 1.73. The van der Waals surface area contributed by atoms with Crippen molar-refractivity contribution in [2.75, 3.05) is 17.7 Å². The summed E-state index contributed by atoms with van der Waals surface area (Å²) in [5.74, 6) is 0.899. The van der Waals surface area contributed by atoms with Crippen LogP contribution in [0.3, 0.4) is 0 Å². The Morgan fingerprint density at radius 3 is 2.86 bits per heavy atom. The largest absolute Gasteiger partial charge is 0.378 e. The third-order valence-corrected chi connectivity index (χ3v) is 4.95. The monoisotopic (exact) mass is 323 g/mol. The van der Waals surface area contributed by atoms with E-state index < -0.39 is 0 Å². The zero-order valence-corrected chi connectivity index (χ0v) is 14.5. The van der Waals surface area contributed by atoms with Gasteiger partial charge in [0.25, 0.3) is 0 Å². The Labute approximate surface area is 134 Å². The van der Waals surface area contributed by atoms with Gasteiger partial charge in [-0.2, -0.15) is 0 Å². The SMILES string of the molecule is Cc1cccc(Nc2nnc(SCCOC(C)C)s2)c1C. The summed E-state index contributed by atoms with van der Waals surface area (Å²) in [6.07, 6.45) is 0.279. The number of aryl methyl sites for hydroxylation is 1. The molecule has 21 heavy (non-hydrogen) atoms. The van der Waals surface area contributed by atoms with Gasteiger partial charge in [-0.25, -0.2) is 0 Å². The Hall–Kier alpha value is -1.11. The third-order valence-electron chi connectivity index (χ3n) is 3.01. The van der Waals surface area contributed by atoms with E-state index in [1.54, 1.807) is 23.1 Å². The molecule has 1 heterocycles. The minimum Gasteiger partial charge on any atom is -0.378 e. The molecule has 1 N–H and O–H groups in total. The van der Waals surface area contributed by atoms with E-state index in [0.29, 0.717) is 0 Å². The molecule has 1 aromatic carbocycles. The summed E-state index contributed by atoms with van der Waals surface area (Å²) in [4.78, 5) is 0. The van der Waals surface area contributed by atoms with Crippen LogP contribution in [0.4, 0.5) is 10.8 Å². The van der Waals surface area contributed by atoms with E-state index in [2.05, 4.69) is 41.5 Å². The molecule has 2 rings (SSSR count). The van der Waals surface area contributed by atoms with E-state index in [9.17, 15) is 0 Å². The second kappa shape index (κ2) is 7.77. The Bertz CT molecular complexity index is 584. The maximum atomic E-state index is 5.51. The van der Waals surface area contributed by atoms with Gasteiger partial charge in [0.05, 0.1) is 12.7 Å². The topological polar surface area (TPSA) is 47.0 Å². The summed E-state index contributed by atoms with van der Waals surface area (Å²) in [5, 5.41) is 12.6. The van der Waals surface area contributed by atoms with E-state index >= 15 is 0 Å². The first kappa shape index (κ1) is 16.3. The third kappa shape index (κ3) is 4.98. The molecule has 0 unspecified atom stereocenters. The van der Waals surface area contributed by atoms with E-state index in [1.165, 1.54) is 11.1 Å². The quantitative estimate of drug-likeness (QED) is 0.604. The number of nitrogens with one attached hydrogen (secondary N) is 1. The van der Waals surface area contributed by atoms with Gasteiger partial charge in [-0.3, -0.25) is 0 Å². The van der Waals surface area contributed by atoms with Crippen LogP contribution in [0, 0.1) is 13.8 Å². The van der Waals surface area contributed by atoms with Crippen LogP contribution < -0.4 is 5.32 Å². The fraction of sp³-hybridized carbons (Fsp3) is 0.467. The van der Waals surface area contributed by atoms with Crippen molar-refractivity contribution >= 4 is 33.9 Å². The molecule has 0 aliphatic carbocycles. The predicted molar refractivity (Wildman–Crippen MR) is 90.9 cm³/mol. The van der Waals surface area contributed by atoms with Crippen LogP contribution in [0.2, 0.25) is 0 Å². The van der Waals surface area contributed by atoms with E-state index in [4.69, 9.17) is 4.74 Å². The van der Waals surface area contributed by atoms with Crippen molar-refractivity contribution in [3.63, 3.8) is 0 Å². The van der Waals surface area contributed by atoms with Crippen LogP contribution in [0.15, 0.2) is 22.5 Å². The number of ether oxygens (including phenoxy) is 1. The summed E-state index contributed by atoms with van der Waals surface area (Å²) in [5.41, 5.74) is 3.60. The highest BCUT2D eigenvalue weighted by Crippen LogP contribution is 2.29. The van der Waals surface area contributed by atoms with Crippen LogP contribution in [-0.4, -0.2) is 28.7 Å². The van der Waals surface area contributed by atoms with Crippen molar-refractivity contribution in [3.05, 3.63) is 29.3 Å². The smallest absolute Gasteiger partial charge is 0.210 e. The van der Waals surface area contributed by atoms with Crippen molar-refractivity contribution in [2.45, 2.75) is 38.1 Å². The Balaban J connectivity index is 1.89. The van der Waals surface area contributed by atoms with Crippen molar-refractivity contribution in [3.8, 4) is 0 Å². The molecule has 0 atom stereocenters. The number of nitrogens with zero attached hydrogens (tertiary/aromatic N) is 2. The number of rotatable bonds is 7. The van der Waals surface area contributed by atoms with Crippen LogP contribution in [0.25, 0.3) is 0 Å². The summed E-state index contributed by atoms with van der Waals surface area (Å²) in [6, 6.07) is 6.22. The lowest BCUT2D eigenvalue weighted by atomic mass is 10.1. The summed E-state index contributed by atoms with van der Waals surface area (Å²) < 4.78 is 6.48. The lowest BCUT2D eigenvalue weighted by Crippen LogP contribution is -2.05. The Morgan fingerprint density at radius 2 is 2.10 bits per heavy atom. The molecule has 0 radical (unpaired) electrons. The second-order valence-electron chi connectivity index (χ2n) is 5.01. The van der Waals surface area contributed by atoms with Crippen LogP contribution in [0.1, 0.15) is 25.0 Å². The highest BCUT2D eigenvalue weighted by Gasteiger charge is 2.07. The molecule has 0 amide bonds. The molecular weight excluding hydrogens is 302 g/mol. The molecule has 4 nitrogen and oxygen atoms in total.